The van der Waals surface area contributed by atoms with Crippen molar-refractivity contribution in [3.63, 3.8) is 0 Å². The van der Waals surface area contributed by atoms with Crippen molar-refractivity contribution in [2.75, 3.05) is 25.0 Å². The number of urea groups is 1. The van der Waals surface area contributed by atoms with Crippen molar-refractivity contribution in [2.45, 2.75) is 44.4 Å². The number of amides is 2. The third-order valence-corrected chi connectivity index (χ3v) is 4.59. The second kappa shape index (κ2) is 7.05. The summed E-state index contributed by atoms with van der Waals surface area (Å²) in [7, 11) is 0. The summed E-state index contributed by atoms with van der Waals surface area (Å²) in [4.78, 5) is 14.2. The van der Waals surface area contributed by atoms with E-state index >= 15 is 0 Å². The fourth-order valence-electron chi connectivity index (χ4n) is 3.03. The number of anilines is 1. The molecule has 6 nitrogen and oxygen atoms in total. The first kappa shape index (κ1) is 15.2. The lowest BCUT2D eigenvalue weighted by molar-refractivity contribution is 0.211. The Kier molecular flexibility index (Phi) is 4.87. The molecule has 2 amide bonds. The maximum absolute atomic E-state index is 12.3. The van der Waals surface area contributed by atoms with Crippen LogP contribution in [0.15, 0.2) is 12.1 Å². The molecule has 1 atom stereocenters. The van der Waals surface area contributed by atoms with Crippen molar-refractivity contribution in [3.8, 4) is 0 Å². The van der Waals surface area contributed by atoms with Gasteiger partial charge in [-0.15, -0.1) is 5.10 Å². The molecule has 6 heteroatoms. The van der Waals surface area contributed by atoms with E-state index < -0.39 is 0 Å². The Bertz CT molecular complexity index is 501. The lowest BCUT2D eigenvalue weighted by atomic mass is 9.98. The van der Waals surface area contributed by atoms with Gasteiger partial charge in [0.05, 0.1) is 5.69 Å². The summed E-state index contributed by atoms with van der Waals surface area (Å²) in [5.74, 6) is 1.62. The molecule has 1 aliphatic carbocycles. The Morgan fingerprint density at radius 1 is 1.23 bits per heavy atom. The molecule has 3 rings (SSSR count). The molecular formula is C16H24N4O2. The van der Waals surface area contributed by atoms with Crippen LogP contribution in [0.2, 0.25) is 0 Å². The molecule has 1 aromatic heterocycles. The van der Waals surface area contributed by atoms with Crippen LogP contribution < -0.4 is 5.32 Å². The fraction of sp³-hybridized carbons (Fsp3) is 0.688. The van der Waals surface area contributed by atoms with E-state index in [9.17, 15) is 4.79 Å². The predicted molar refractivity (Wildman–Crippen MR) is 83.6 cm³/mol. The van der Waals surface area contributed by atoms with Crippen LogP contribution in [0.4, 0.5) is 10.6 Å². The second-order valence-electron chi connectivity index (χ2n) is 6.34. The summed E-state index contributed by atoms with van der Waals surface area (Å²) in [6.07, 6.45) is 6.26. The van der Waals surface area contributed by atoms with Crippen molar-refractivity contribution >= 4 is 11.8 Å². The number of nitrogens with zero attached hydrogens (tertiary/aromatic N) is 3. The Hall–Kier alpha value is -1.69. The number of hydrogen-bond acceptors (Lipinski definition) is 4. The average Bonchev–Trinajstić information content (AvgIpc) is 3.35. The van der Waals surface area contributed by atoms with Gasteiger partial charge < -0.3 is 10.0 Å². The van der Waals surface area contributed by atoms with E-state index in [0.29, 0.717) is 17.7 Å². The maximum atomic E-state index is 12.3. The number of aromatic nitrogens is 2. The van der Waals surface area contributed by atoms with Gasteiger partial charge in [0.2, 0.25) is 0 Å². The molecule has 2 fully saturated rings. The molecule has 120 valence electrons. The highest BCUT2D eigenvalue weighted by Crippen LogP contribution is 2.38. The van der Waals surface area contributed by atoms with Crippen LogP contribution in [0, 0.1) is 5.92 Å². The van der Waals surface area contributed by atoms with Crippen LogP contribution in [0.25, 0.3) is 0 Å². The predicted octanol–water partition coefficient (Wildman–Crippen LogP) is 2.37. The van der Waals surface area contributed by atoms with Gasteiger partial charge in [-0.25, -0.2) is 4.79 Å². The zero-order valence-corrected chi connectivity index (χ0v) is 12.9. The summed E-state index contributed by atoms with van der Waals surface area (Å²) < 4.78 is 0. The van der Waals surface area contributed by atoms with Gasteiger partial charge in [-0.3, -0.25) is 5.32 Å². The number of carbonyl (C=O) groups excluding carboxylic acids is 1. The Morgan fingerprint density at radius 2 is 2.09 bits per heavy atom. The fourth-order valence-corrected chi connectivity index (χ4v) is 3.03. The van der Waals surface area contributed by atoms with Gasteiger partial charge in [0.15, 0.2) is 5.82 Å². The van der Waals surface area contributed by atoms with E-state index in [4.69, 9.17) is 5.11 Å². The molecule has 0 bridgehead atoms. The largest absolute Gasteiger partial charge is 0.396 e. The normalized spacial score (nSPS) is 22.2. The van der Waals surface area contributed by atoms with Crippen LogP contribution in [-0.4, -0.2) is 45.9 Å². The van der Waals surface area contributed by atoms with Gasteiger partial charge in [-0.2, -0.15) is 5.10 Å². The van der Waals surface area contributed by atoms with Crippen LogP contribution in [0.5, 0.6) is 0 Å². The average molecular weight is 304 g/mol. The summed E-state index contributed by atoms with van der Waals surface area (Å²) in [6.45, 7) is 1.74. The molecule has 1 saturated carbocycles. The topological polar surface area (TPSA) is 78.4 Å². The van der Waals surface area contributed by atoms with Crippen molar-refractivity contribution in [3.05, 3.63) is 17.8 Å². The molecule has 2 aliphatic rings. The minimum Gasteiger partial charge on any atom is -0.396 e. The third-order valence-electron chi connectivity index (χ3n) is 4.59. The molecule has 2 N–H and O–H groups in total. The minimum absolute atomic E-state index is 0.0990. The van der Waals surface area contributed by atoms with E-state index in [1.807, 2.05) is 17.0 Å². The molecule has 1 unspecified atom stereocenters. The number of nitrogens with one attached hydrogen (secondary N) is 1. The van der Waals surface area contributed by atoms with E-state index in [1.165, 1.54) is 12.8 Å². The lowest BCUT2D eigenvalue weighted by Crippen LogP contribution is -2.36. The molecule has 0 aromatic carbocycles. The minimum atomic E-state index is -0.0990. The van der Waals surface area contributed by atoms with Crippen molar-refractivity contribution in [1.29, 1.82) is 0 Å². The molecule has 1 saturated heterocycles. The smallest absolute Gasteiger partial charge is 0.323 e. The van der Waals surface area contributed by atoms with Gasteiger partial charge in [0.25, 0.3) is 0 Å². The van der Waals surface area contributed by atoms with Crippen LogP contribution in [0.1, 0.15) is 50.1 Å². The first-order valence-corrected chi connectivity index (χ1v) is 8.26. The third kappa shape index (κ3) is 3.94. The van der Waals surface area contributed by atoms with E-state index in [1.54, 1.807) is 0 Å². The SMILES string of the molecule is O=C(Nc1ccc(C2CC2)nn1)N1CCCC(CCO)CC1. The van der Waals surface area contributed by atoms with Crippen LogP contribution in [0.3, 0.4) is 0 Å². The summed E-state index contributed by atoms with van der Waals surface area (Å²) in [5, 5.41) is 20.2. The van der Waals surface area contributed by atoms with Crippen molar-refractivity contribution < 1.29 is 9.90 Å². The molecule has 0 spiro atoms. The molecular weight excluding hydrogens is 280 g/mol. The number of aliphatic hydroxyl groups is 1. The quantitative estimate of drug-likeness (QED) is 0.895. The number of likely N-dealkylation sites (tertiary alicyclic amines) is 1. The number of carbonyl (C=O) groups is 1. The van der Waals surface area contributed by atoms with Crippen LogP contribution in [-0.2, 0) is 0 Å². The number of aliphatic hydroxyl groups excluding tert-OH is 1. The molecule has 22 heavy (non-hydrogen) atoms. The Morgan fingerprint density at radius 3 is 2.77 bits per heavy atom. The lowest BCUT2D eigenvalue weighted by Gasteiger charge is -2.20. The monoisotopic (exact) mass is 304 g/mol. The standard InChI is InChI=1S/C16H24N4O2/c21-11-8-12-2-1-9-20(10-7-12)16(22)17-15-6-5-14(18-19-15)13-3-4-13/h5-6,12-13,21H,1-4,7-11H2,(H,17,19,22). The first-order valence-electron chi connectivity index (χ1n) is 8.26. The summed E-state index contributed by atoms with van der Waals surface area (Å²) in [5.41, 5.74) is 1.03. The summed E-state index contributed by atoms with van der Waals surface area (Å²) in [6, 6.07) is 3.70. The number of rotatable bonds is 4. The highest BCUT2D eigenvalue weighted by molar-refractivity contribution is 5.88. The first-order chi connectivity index (χ1) is 10.8. The van der Waals surface area contributed by atoms with Gasteiger partial charge in [-0.1, -0.05) is 0 Å². The van der Waals surface area contributed by atoms with E-state index in [-0.39, 0.29) is 12.6 Å². The van der Waals surface area contributed by atoms with Crippen molar-refractivity contribution in [2.24, 2.45) is 5.92 Å². The molecule has 2 heterocycles. The Labute approximate surface area is 130 Å². The maximum Gasteiger partial charge on any atom is 0.323 e. The Balaban J connectivity index is 1.52. The van der Waals surface area contributed by atoms with E-state index in [0.717, 1.165) is 44.5 Å². The van der Waals surface area contributed by atoms with Crippen LogP contribution >= 0.6 is 0 Å². The zero-order valence-electron chi connectivity index (χ0n) is 12.9. The number of hydrogen-bond donors (Lipinski definition) is 2. The van der Waals surface area contributed by atoms with Crippen molar-refractivity contribution in [1.82, 2.24) is 15.1 Å². The molecule has 0 radical (unpaired) electrons. The summed E-state index contributed by atoms with van der Waals surface area (Å²) >= 11 is 0. The molecule has 1 aromatic rings. The zero-order chi connectivity index (χ0) is 15.4. The van der Waals surface area contributed by atoms with Gasteiger partial charge in [0.1, 0.15) is 0 Å². The molecule has 1 aliphatic heterocycles. The van der Waals surface area contributed by atoms with E-state index in [2.05, 4.69) is 15.5 Å². The van der Waals surface area contributed by atoms with Gasteiger partial charge in [0, 0.05) is 25.6 Å². The highest BCUT2D eigenvalue weighted by atomic mass is 16.3. The van der Waals surface area contributed by atoms with Gasteiger partial charge >= 0.3 is 6.03 Å². The second-order valence-corrected chi connectivity index (χ2v) is 6.34. The highest BCUT2D eigenvalue weighted by Gasteiger charge is 2.25. The van der Waals surface area contributed by atoms with Gasteiger partial charge in [-0.05, 0) is 56.6 Å².